The Bertz CT molecular complexity index is 811. The number of nitrogens with one attached hydrogen (secondary N) is 3. The summed E-state index contributed by atoms with van der Waals surface area (Å²) in [6.07, 6.45) is 1.54. The molecule has 1 aliphatic rings. The van der Waals surface area contributed by atoms with Crippen molar-refractivity contribution in [3.05, 3.63) is 24.4 Å². The molecule has 120 valence electrons. The molecule has 0 unspecified atom stereocenters. The van der Waals surface area contributed by atoms with Crippen LogP contribution >= 0.6 is 11.3 Å². The van der Waals surface area contributed by atoms with Crippen molar-refractivity contribution >= 4 is 33.1 Å². The highest BCUT2D eigenvalue weighted by atomic mass is 32.1. The molecule has 0 radical (unpaired) electrons. The van der Waals surface area contributed by atoms with Crippen molar-refractivity contribution in [1.82, 2.24) is 15.2 Å². The van der Waals surface area contributed by atoms with Crippen LogP contribution in [-0.4, -0.2) is 34.2 Å². The number of halogens is 2. The molecule has 3 aromatic heterocycles. The molecule has 1 aliphatic carbocycles. The van der Waals surface area contributed by atoms with E-state index in [0.717, 1.165) is 39.4 Å². The molecule has 1 saturated carbocycles. The molecule has 4 rings (SSSR count). The fourth-order valence-corrected chi connectivity index (χ4v) is 3.44. The lowest BCUT2D eigenvalue weighted by Gasteiger charge is -2.10. The Kier molecular flexibility index (Phi) is 3.60. The number of anilines is 2. The van der Waals surface area contributed by atoms with Gasteiger partial charge in [-0.3, -0.25) is 5.10 Å². The lowest BCUT2D eigenvalue weighted by atomic mass is 10.3. The molecule has 0 saturated heterocycles. The van der Waals surface area contributed by atoms with E-state index in [1.807, 2.05) is 18.2 Å². The molecule has 3 heterocycles. The normalized spacial score (nSPS) is 14.6. The summed E-state index contributed by atoms with van der Waals surface area (Å²) in [6, 6.07) is 6.10. The molecule has 0 atom stereocenters. The van der Waals surface area contributed by atoms with Gasteiger partial charge in [-0.2, -0.15) is 5.10 Å². The van der Waals surface area contributed by atoms with E-state index >= 15 is 0 Å². The summed E-state index contributed by atoms with van der Waals surface area (Å²) in [7, 11) is 0. The van der Waals surface area contributed by atoms with Crippen LogP contribution < -0.4 is 10.6 Å². The average Bonchev–Trinajstić information content (AvgIpc) is 3.03. The first kappa shape index (κ1) is 14.4. The number of hydrogen-bond donors (Lipinski definition) is 3. The lowest BCUT2D eigenvalue weighted by Crippen LogP contribution is -2.11. The number of pyridine rings is 1. The van der Waals surface area contributed by atoms with Gasteiger partial charge in [0.1, 0.15) is 5.82 Å². The van der Waals surface area contributed by atoms with Gasteiger partial charge in [-0.15, -0.1) is 11.3 Å². The van der Waals surface area contributed by atoms with Crippen LogP contribution in [0.5, 0.6) is 0 Å². The maximum Gasteiger partial charge on any atom is 0.255 e. The maximum absolute atomic E-state index is 12.6. The van der Waals surface area contributed by atoms with Gasteiger partial charge in [-0.25, -0.2) is 13.8 Å². The van der Waals surface area contributed by atoms with Crippen LogP contribution in [0.3, 0.4) is 0 Å². The third-order valence-electron chi connectivity index (χ3n) is 3.62. The second-order valence-corrected chi connectivity index (χ2v) is 6.59. The number of aromatic nitrogens is 3. The Labute approximate surface area is 135 Å². The summed E-state index contributed by atoms with van der Waals surface area (Å²) in [5.74, 6) is 0.728. The number of nitrogens with zero attached hydrogens (tertiary/aromatic N) is 2. The Morgan fingerprint density at radius 1 is 1.35 bits per heavy atom. The Hall–Kier alpha value is -2.22. The second kappa shape index (κ2) is 5.77. The van der Waals surface area contributed by atoms with Crippen LogP contribution in [0.1, 0.15) is 12.8 Å². The van der Waals surface area contributed by atoms with E-state index < -0.39 is 6.43 Å². The third-order valence-corrected chi connectivity index (χ3v) is 4.81. The van der Waals surface area contributed by atoms with Gasteiger partial charge in [-0.05, 0) is 25.0 Å². The fourth-order valence-electron chi connectivity index (χ4n) is 2.38. The van der Waals surface area contributed by atoms with E-state index in [4.69, 9.17) is 0 Å². The topological polar surface area (TPSA) is 65.6 Å². The van der Waals surface area contributed by atoms with E-state index in [1.54, 1.807) is 6.20 Å². The minimum atomic E-state index is -2.40. The smallest absolute Gasteiger partial charge is 0.255 e. The van der Waals surface area contributed by atoms with Crippen molar-refractivity contribution < 1.29 is 8.78 Å². The maximum atomic E-state index is 12.6. The van der Waals surface area contributed by atoms with Crippen LogP contribution in [0.2, 0.25) is 0 Å². The van der Waals surface area contributed by atoms with E-state index in [0.29, 0.717) is 11.7 Å². The number of H-pyrrole nitrogens is 1. The van der Waals surface area contributed by atoms with Crippen LogP contribution in [0.25, 0.3) is 20.8 Å². The number of rotatable bonds is 6. The van der Waals surface area contributed by atoms with E-state index in [1.165, 1.54) is 11.3 Å². The first-order valence-corrected chi connectivity index (χ1v) is 8.23. The number of thiophene rings is 1. The minimum Gasteiger partial charge on any atom is -0.378 e. The summed E-state index contributed by atoms with van der Waals surface area (Å²) < 4.78 is 26.0. The lowest BCUT2D eigenvalue weighted by molar-refractivity contribution is 0.163. The summed E-state index contributed by atoms with van der Waals surface area (Å²) in [5.41, 5.74) is 2.38. The van der Waals surface area contributed by atoms with Gasteiger partial charge in [0.15, 0.2) is 0 Å². The first-order chi connectivity index (χ1) is 11.2. The van der Waals surface area contributed by atoms with Crippen molar-refractivity contribution in [3.63, 3.8) is 0 Å². The predicted molar refractivity (Wildman–Crippen MR) is 88.3 cm³/mol. The van der Waals surface area contributed by atoms with Crippen LogP contribution in [0.4, 0.5) is 20.3 Å². The molecule has 0 amide bonds. The average molecular weight is 335 g/mol. The quantitative estimate of drug-likeness (QED) is 0.638. The molecule has 3 aromatic rings. The van der Waals surface area contributed by atoms with Crippen molar-refractivity contribution in [3.8, 4) is 10.6 Å². The Morgan fingerprint density at radius 2 is 2.22 bits per heavy atom. The van der Waals surface area contributed by atoms with Gasteiger partial charge in [0, 0.05) is 18.3 Å². The third kappa shape index (κ3) is 3.12. The fraction of sp³-hybridized carbons (Fsp3) is 0.333. The highest BCUT2D eigenvalue weighted by Crippen LogP contribution is 2.38. The van der Waals surface area contributed by atoms with Gasteiger partial charge in [0.25, 0.3) is 6.43 Å². The number of fused-ring (bicyclic) bond motifs is 1. The standard InChI is InChI=1S/C15H15F2N5S/c16-13(17)7-18-10-6-14(20-8-1-2-8)21-11-5-12(23-15(10)11)9-3-4-19-22-9/h3-6,8,13H,1-2,7H2,(H,19,22)(H2,18,20,21). The zero-order valence-corrected chi connectivity index (χ0v) is 13.0. The molecule has 3 N–H and O–H groups in total. The molecule has 1 fully saturated rings. The van der Waals surface area contributed by atoms with Gasteiger partial charge in [-0.1, -0.05) is 0 Å². The van der Waals surface area contributed by atoms with Gasteiger partial charge in [0.2, 0.25) is 0 Å². The van der Waals surface area contributed by atoms with Gasteiger partial charge >= 0.3 is 0 Å². The van der Waals surface area contributed by atoms with Crippen LogP contribution in [-0.2, 0) is 0 Å². The molecular weight excluding hydrogens is 320 g/mol. The highest BCUT2D eigenvalue weighted by molar-refractivity contribution is 7.22. The molecule has 0 aliphatic heterocycles. The number of aromatic amines is 1. The molecule has 5 nitrogen and oxygen atoms in total. The number of alkyl halides is 2. The van der Waals surface area contributed by atoms with Crippen LogP contribution in [0.15, 0.2) is 24.4 Å². The van der Waals surface area contributed by atoms with Crippen molar-refractivity contribution in [2.45, 2.75) is 25.3 Å². The summed E-state index contributed by atoms with van der Waals surface area (Å²) in [5, 5.41) is 13.0. The zero-order chi connectivity index (χ0) is 15.8. The Balaban J connectivity index is 1.74. The molecule has 0 spiro atoms. The van der Waals surface area contributed by atoms with Crippen molar-refractivity contribution in [2.75, 3.05) is 17.2 Å². The number of hydrogen-bond acceptors (Lipinski definition) is 5. The largest absolute Gasteiger partial charge is 0.378 e. The summed E-state index contributed by atoms with van der Waals surface area (Å²) in [4.78, 5) is 5.59. The van der Waals surface area contributed by atoms with E-state index in [9.17, 15) is 8.78 Å². The molecule has 0 bridgehead atoms. The zero-order valence-electron chi connectivity index (χ0n) is 12.1. The highest BCUT2D eigenvalue weighted by Gasteiger charge is 2.22. The molecule has 8 heteroatoms. The minimum absolute atomic E-state index is 0.376. The SMILES string of the molecule is FC(F)CNc1cc(NC2CC2)nc2cc(-c3ccn[nH]3)sc12. The van der Waals surface area contributed by atoms with Crippen molar-refractivity contribution in [1.29, 1.82) is 0 Å². The Morgan fingerprint density at radius 3 is 2.91 bits per heavy atom. The van der Waals surface area contributed by atoms with Gasteiger partial charge in [0.05, 0.1) is 33.0 Å². The first-order valence-electron chi connectivity index (χ1n) is 7.42. The van der Waals surface area contributed by atoms with Crippen molar-refractivity contribution in [2.24, 2.45) is 0 Å². The molecular formula is C15H15F2N5S. The monoisotopic (exact) mass is 335 g/mol. The predicted octanol–water partition coefficient (Wildman–Crippen LogP) is 3.94. The van der Waals surface area contributed by atoms with Gasteiger partial charge < -0.3 is 10.6 Å². The molecule has 23 heavy (non-hydrogen) atoms. The van der Waals surface area contributed by atoms with Crippen LogP contribution in [0, 0.1) is 0 Å². The van der Waals surface area contributed by atoms with E-state index in [2.05, 4.69) is 25.8 Å². The van der Waals surface area contributed by atoms with E-state index in [-0.39, 0.29) is 6.54 Å². The molecule has 0 aromatic carbocycles. The second-order valence-electron chi connectivity index (χ2n) is 5.54. The summed E-state index contributed by atoms with van der Waals surface area (Å²) in [6.45, 7) is -0.376. The summed E-state index contributed by atoms with van der Waals surface area (Å²) >= 11 is 1.51.